The van der Waals surface area contributed by atoms with Crippen LogP contribution in [0.3, 0.4) is 0 Å². The quantitative estimate of drug-likeness (QED) is 0.461. The predicted octanol–water partition coefficient (Wildman–Crippen LogP) is 2.29. The second kappa shape index (κ2) is 6.61. The molecule has 0 amide bonds. The summed E-state index contributed by atoms with van der Waals surface area (Å²) in [4.78, 5) is 24.9. The van der Waals surface area contributed by atoms with E-state index in [2.05, 4.69) is 9.73 Å². The molecule has 0 radical (unpaired) electrons. The second-order valence-corrected chi connectivity index (χ2v) is 3.41. The van der Waals surface area contributed by atoms with Crippen LogP contribution in [0.15, 0.2) is 23.2 Å². The SMILES string of the molecule is CCOC(=O)C[C@@H](N=C=O)c1ccc(F)cc1F. The summed E-state index contributed by atoms with van der Waals surface area (Å²) in [6.45, 7) is 1.79. The molecule has 0 fully saturated rings. The summed E-state index contributed by atoms with van der Waals surface area (Å²) in [6.07, 6.45) is 0.962. The van der Waals surface area contributed by atoms with Gasteiger partial charge in [-0.2, -0.15) is 4.99 Å². The number of benzene rings is 1. The lowest BCUT2D eigenvalue weighted by molar-refractivity contribution is -0.143. The molecule has 0 aromatic heterocycles. The van der Waals surface area contributed by atoms with E-state index in [1.165, 1.54) is 6.08 Å². The highest BCUT2D eigenvalue weighted by Gasteiger charge is 2.20. The predicted molar refractivity (Wildman–Crippen MR) is 58.5 cm³/mol. The molecule has 0 saturated heterocycles. The van der Waals surface area contributed by atoms with E-state index in [9.17, 15) is 18.4 Å². The molecule has 96 valence electrons. The van der Waals surface area contributed by atoms with Gasteiger partial charge in [-0.05, 0) is 13.0 Å². The third kappa shape index (κ3) is 3.75. The highest BCUT2D eigenvalue weighted by molar-refractivity contribution is 5.70. The van der Waals surface area contributed by atoms with Crippen LogP contribution in [0, 0.1) is 11.6 Å². The molecule has 0 unspecified atom stereocenters. The Labute approximate surface area is 102 Å². The van der Waals surface area contributed by atoms with Crippen molar-refractivity contribution >= 4 is 12.0 Å². The Bertz CT molecular complexity index is 484. The standard InChI is InChI=1S/C12H11F2NO3/c1-2-18-12(17)6-11(15-7-16)9-4-3-8(13)5-10(9)14/h3-5,11H,2,6H2,1H3/t11-/m1/s1. The van der Waals surface area contributed by atoms with Gasteiger partial charge in [0.1, 0.15) is 17.7 Å². The molecule has 0 spiro atoms. The van der Waals surface area contributed by atoms with E-state index in [4.69, 9.17) is 0 Å². The lowest BCUT2D eigenvalue weighted by Crippen LogP contribution is -2.10. The van der Waals surface area contributed by atoms with Gasteiger partial charge in [0, 0.05) is 11.6 Å². The molecule has 6 heteroatoms. The largest absolute Gasteiger partial charge is 0.466 e. The second-order valence-electron chi connectivity index (χ2n) is 3.41. The van der Waals surface area contributed by atoms with E-state index in [1.54, 1.807) is 6.92 Å². The number of carbonyl (C=O) groups excluding carboxylic acids is 2. The molecule has 1 aromatic rings. The van der Waals surface area contributed by atoms with E-state index >= 15 is 0 Å². The molecule has 0 N–H and O–H groups in total. The first-order chi connectivity index (χ1) is 8.58. The molecular formula is C12H11F2NO3. The number of carbonyl (C=O) groups is 1. The van der Waals surface area contributed by atoms with Crippen LogP contribution in [0.1, 0.15) is 24.9 Å². The van der Waals surface area contributed by atoms with Gasteiger partial charge < -0.3 is 4.74 Å². The molecule has 0 aliphatic rings. The summed E-state index contributed by atoms with van der Waals surface area (Å²) < 4.78 is 30.9. The van der Waals surface area contributed by atoms with Crippen molar-refractivity contribution in [3.05, 3.63) is 35.4 Å². The van der Waals surface area contributed by atoms with Crippen LogP contribution in [0.5, 0.6) is 0 Å². The summed E-state index contributed by atoms with van der Waals surface area (Å²) in [5, 5.41) is 0. The lowest BCUT2D eigenvalue weighted by Gasteiger charge is -2.11. The highest BCUT2D eigenvalue weighted by Crippen LogP contribution is 2.24. The number of hydrogen-bond acceptors (Lipinski definition) is 4. The van der Waals surface area contributed by atoms with E-state index in [-0.39, 0.29) is 18.6 Å². The molecule has 18 heavy (non-hydrogen) atoms. The maximum Gasteiger partial charge on any atom is 0.308 e. The van der Waals surface area contributed by atoms with Gasteiger partial charge in [-0.15, -0.1) is 0 Å². The van der Waals surface area contributed by atoms with Crippen LogP contribution in [0.25, 0.3) is 0 Å². The molecule has 0 bridgehead atoms. The highest BCUT2D eigenvalue weighted by atomic mass is 19.1. The Balaban J connectivity index is 2.97. The van der Waals surface area contributed by atoms with Crippen molar-refractivity contribution in [1.82, 2.24) is 0 Å². The van der Waals surface area contributed by atoms with Crippen molar-refractivity contribution in [2.75, 3.05) is 6.61 Å². The van der Waals surface area contributed by atoms with E-state index < -0.39 is 23.6 Å². The smallest absolute Gasteiger partial charge is 0.308 e. The van der Waals surface area contributed by atoms with Crippen molar-refractivity contribution in [1.29, 1.82) is 0 Å². The number of isocyanates is 1. The summed E-state index contributed by atoms with van der Waals surface area (Å²) in [6, 6.07) is 1.77. The number of rotatable bonds is 5. The molecule has 0 aliphatic heterocycles. The number of ether oxygens (including phenoxy) is 1. The van der Waals surface area contributed by atoms with Crippen LogP contribution < -0.4 is 0 Å². The minimum atomic E-state index is -1.05. The molecule has 0 aliphatic carbocycles. The number of nitrogens with zero attached hydrogens (tertiary/aromatic N) is 1. The molecule has 0 heterocycles. The van der Waals surface area contributed by atoms with Crippen LogP contribution in [-0.2, 0) is 14.3 Å². The van der Waals surface area contributed by atoms with E-state index in [1.807, 2.05) is 0 Å². The Morgan fingerprint density at radius 2 is 2.22 bits per heavy atom. The first-order valence-electron chi connectivity index (χ1n) is 5.26. The molecule has 1 rings (SSSR count). The fourth-order valence-corrected chi connectivity index (χ4v) is 1.44. The van der Waals surface area contributed by atoms with Gasteiger partial charge in [-0.3, -0.25) is 4.79 Å². The first kappa shape index (κ1) is 14.0. The van der Waals surface area contributed by atoms with E-state index in [0.29, 0.717) is 6.07 Å². The average Bonchev–Trinajstić information content (AvgIpc) is 2.29. The topological polar surface area (TPSA) is 55.7 Å². The Kier molecular flexibility index (Phi) is 5.14. The first-order valence-corrected chi connectivity index (χ1v) is 5.26. The summed E-state index contributed by atoms with van der Waals surface area (Å²) >= 11 is 0. The van der Waals surface area contributed by atoms with Gasteiger partial charge in [-0.1, -0.05) is 6.07 Å². The average molecular weight is 255 g/mol. The maximum atomic E-state index is 13.5. The molecule has 1 atom stereocenters. The third-order valence-corrected chi connectivity index (χ3v) is 2.20. The fourth-order valence-electron chi connectivity index (χ4n) is 1.44. The summed E-state index contributed by atoms with van der Waals surface area (Å²) in [5.74, 6) is -2.24. The number of esters is 1. The Hall–Kier alpha value is -2.07. The zero-order chi connectivity index (χ0) is 13.5. The number of halogens is 2. The van der Waals surface area contributed by atoms with Gasteiger partial charge in [0.05, 0.1) is 13.0 Å². The van der Waals surface area contributed by atoms with Gasteiger partial charge in [0.15, 0.2) is 0 Å². The van der Waals surface area contributed by atoms with Crippen molar-refractivity contribution in [2.45, 2.75) is 19.4 Å². The third-order valence-electron chi connectivity index (χ3n) is 2.20. The van der Waals surface area contributed by atoms with Crippen LogP contribution in [0.2, 0.25) is 0 Å². The molecule has 0 saturated carbocycles. The number of hydrogen-bond donors (Lipinski definition) is 0. The number of aliphatic imine (C=N–C) groups is 1. The summed E-state index contributed by atoms with van der Waals surface area (Å²) in [7, 11) is 0. The van der Waals surface area contributed by atoms with Crippen molar-refractivity contribution in [3.63, 3.8) is 0 Å². The van der Waals surface area contributed by atoms with Crippen LogP contribution >= 0.6 is 0 Å². The van der Waals surface area contributed by atoms with Crippen LogP contribution in [0.4, 0.5) is 8.78 Å². The molecule has 1 aromatic carbocycles. The zero-order valence-corrected chi connectivity index (χ0v) is 9.65. The van der Waals surface area contributed by atoms with Gasteiger partial charge in [0.25, 0.3) is 0 Å². The van der Waals surface area contributed by atoms with Gasteiger partial charge >= 0.3 is 5.97 Å². The normalized spacial score (nSPS) is 11.5. The summed E-state index contributed by atoms with van der Waals surface area (Å²) in [5.41, 5.74) is -0.0483. The minimum absolute atomic E-state index is 0.0483. The molecular weight excluding hydrogens is 244 g/mol. The van der Waals surface area contributed by atoms with Crippen LogP contribution in [-0.4, -0.2) is 18.7 Å². The Morgan fingerprint density at radius 1 is 1.50 bits per heavy atom. The maximum absolute atomic E-state index is 13.5. The van der Waals surface area contributed by atoms with Gasteiger partial charge in [-0.25, -0.2) is 13.6 Å². The zero-order valence-electron chi connectivity index (χ0n) is 9.65. The lowest BCUT2D eigenvalue weighted by atomic mass is 10.0. The van der Waals surface area contributed by atoms with Gasteiger partial charge in [0.2, 0.25) is 6.08 Å². The fraction of sp³-hybridized carbons (Fsp3) is 0.333. The molecule has 4 nitrogen and oxygen atoms in total. The Morgan fingerprint density at radius 3 is 2.78 bits per heavy atom. The van der Waals surface area contributed by atoms with Crippen molar-refractivity contribution < 1.29 is 23.1 Å². The monoisotopic (exact) mass is 255 g/mol. The van der Waals surface area contributed by atoms with Crippen molar-refractivity contribution in [2.24, 2.45) is 4.99 Å². The van der Waals surface area contributed by atoms with E-state index in [0.717, 1.165) is 12.1 Å². The minimum Gasteiger partial charge on any atom is -0.466 e. The van der Waals surface area contributed by atoms with Crippen molar-refractivity contribution in [3.8, 4) is 0 Å².